The normalized spacial score (nSPS) is 10.9. The number of carbonyl (C=O) groups is 1. The lowest BCUT2D eigenvalue weighted by atomic mass is 10.2. The average molecular weight is 490 g/mol. The van der Waals surface area contributed by atoms with Gasteiger partial charge in [0.1, 0.15) is 0 Å². The van der Waals surface area contributed by atoms with Crippen LogP contribution >= 0.6 is 58.2 Å². The first-order valence-electron chi connectivity index (χ1n) is 8.61. The lowest BCUT2D eigenvalue weighted by molar-refractivity contribution is 0.0949. The highest BCUT2D eigenvalue weighted by atomic mass is 35.5. The van der Waals surface area contributed by atoms with Crippen molar-refractivity contribution in [1.82, 2.24) is 20.1 Å². The van der Waals surface area contributed by atoms with Crippen LogP contribution in [0.5, 0.6) is 0 Å². The number of nitrogens with zero attached hydrogens (tertiary/aromatic N) is 3. The lowest BCUT2D eigenvalue weighted by Gasteiger charge is -2.09. The first-order valence-corrected chi connectivity index (χ1v) is 11.1. The van der Waals surface area contributed by atoms with Crippen LogP contribution in [0.1, 0.15) is 28.7 Å². The van der Waals surface area contributed by atoms with E-state index in [0.717, 1.165) is 10.7 Å². The van der Waals surface area contributed by atoms with Crippen molar-refractivity contribution in [2.75, 3.05) is 0 Å². The number of aromatic nitrogens is 3. The van der Waals surface area contributed by atoms with E-state index in [-0.39, 0.29) is 12.5 Å². The van der Waals surface area contributed by atoms with Crippen molar-refractivity contribution >= 4 is 64.1 Å². The molecule has 3 aromatic rings. The van der Waals surface area contributed by atoms with E-state index >= 15 is 0 Å². The summed E-state index contributed by atoms with van der Waals surface area (Å²) in [5.41, 5.74) is 1.46. The Bertz CT molecular complexity index is 1040. The molecule has 1 aromatic heterocycles. The molecule has 0 aliphatic heterocycles. The zero-order chi connectivity index (χ0) is 21.0. The first-order chi connectivity index (χ1) is 13.9. The van der Waals surface area contributed by atoms with Crippen LogP contribution in [-0.4, -0.2) is 20.7 Å². The third-order valence-electron chi connectivity index (χ3n) is 4.05. The van der Waals surface area contributed by atoms with Crippen molar-refractivity contribution in [3.8, 4) is 0 Å². The van der Waals surface area contributed by atoms with E-state index in [9.17, 15) is 4.79 Å². The molecule has 0 unspecified atom stereocenters. The summed E-state index contributed by atoms with van der Waals surface area (Å²) in [6.45, 7) is 2.92. The second-order valence-electron chi connectivity index (χ2n) is 5.99. The number of hydrogen-bond donors (Lipinski definition) is 1. The molecule has 152 valence electrons. The maximum absolute atomic E-state index is 12.4. The van der Waals surface area contributed by atoms with Gasteiger partial charge in [-0.05, 0) is 42.8 Å². The van der Waals surface area contributed by atoms with E-state index in [1.54, 1.807) is 18.2 Å². The van der Waals surface area contributed by atoms with Crippen molar-refractivity contribution < 1.29 is 4.79 Å². The summed E-state index contributed by atoms with van der Waals surface area (Å²) >= 11 is 25.4. The largest absolute Gasteiger partial charge is 0.345 e. The minimum absolute atomic E-state index is 0.243. The Kier molecular flexibility index (Phi) is 7.71. The monoisotopic (exact) mass is 488 g/mol. The number of thioether (sulfide) groups is 1. The molecule has 0 spiro atoms. The van der Waals surface area contributed by atoms with Gasteiger partial charge in [-0.3, -0.25) is 4.79 Å². The number of rotatable bonds is 7. The predicted octanol–water partition coefficient (Wildman–Crippen LogP) is 6.13. The van der Waals surface area contributed by atoms with Gasteiger partial charge in [0.15, 0.2) is 11.0 Å². The fraction of sp³-hybridized carbons (Fsp3) is 0.211. The summed E-state index contributed by atoms with van der Waals surface area (Å²) in [5, 5.41) is 13.8. The lowest BCUT2D eigenvalue weighted by Crippen LogP contribution is -2.24. The Hall–Kier alpha value is -1.44. The van der Waals surface area contributed by atoms with E-state index < -0.39 is 0 Å². The fourth-order valence-electron chi connectivity index (χ4n) is 2.55. The maximum atomic E-state index is 12.4. The summed E-state index contributed by atoms with van der Waals surface area (Å²) in [4.78, 5) is 12.4. The standard InChI is InChI=1S/C19H16Cl4N4OS/c1-2-27-17(9-24-18(28)12-4-6-14(21)16(23)8-12)25-26-19(27)29-10-11-3-5-13(20)15(22)7-11/h3-8H,2,9-10H2,1H3,(H,24,28). The SMILES string of the molecule is CCn1c(CNC(=O)c2ccc(Cl)c(Cl)c2)nnc1SCc1ccc(Cl)c(Cl)c1. The van der Waals surface area contributed by atoms with Crippen molar-refractivity contribution in [3.63, 3.8) is 0 Å². The summed E-state index contributed by atoms with van der Waals surface area (Å²) in [7, 11) is 0. The molecule has 0 atom stereocenters. The Morgan fingerprint density at radius 1 is 1.00 bits per heavy atom. The summed E-state index contributed by atoms with van der Waals surface area (Å²) < 4.78 is 1.96. The summed E-state index contributed by atoms with van der Waals surface area (Å²) in [6.07, 6.45) is 0. The smallest absolute Gasteiger partial charge is 0.251 e. The molecular weight excluding hydrogens is 474 g/mol. The average Bonchev–Trinajstić information content (AvgIpc) is 3.10. The quantitative estimate of drug-likeness (QED) is 0.405. The summed E-state index contributed by atoms with van der Waals surface area (Å²) in [5.74, 6) is 1.07. The zero-order valence-electron chi connectivity index (χ0n) is 15.3. The minimum Gasteiger partial charge on any atom is -0.345 e. The maximum Gasteiger partial charge on any atom is 0.251 e. The van der Waals surface area contributed by atoms with Gasteiger partial charge in [-0.15, -0.1) is 10.2 Å². The van der Waals surface area contributed by atoms with Gasteiger partial charge in [0.25, 0.3) is 5.91 Å². The van der Waals surface area contributed by atoms with E-state index in [0.29, 0.717) is 43.8 Å². The van der Waals surface area contributed by atoms with Crippen LogP contribution in [0, 0.1) is 0 Å². The topological polar surface area (TPSA) is 59.8 Å². The van der Waals surface area contributed by atoms with Gasteiger partial charge >= 0.3 is 0 Å². The highest BCUT2D eigenvalue weighted by Gasteiger charge is 2.14. The molecule has 29 heavy (non-hydrogen) atoms. The number of nitrogens with one attached hydrogen (secondary N) is 1. The van der Waals surface area contributed by atoms with Gasteiger partial charge in [-0.1, -0.05) is 64.2 Å². The van der Waals surface area contributed by atoms with Crippen molar-refractivity contribution in [3.05, 3.63) is 73.4 Å². The van der Waals surface area contributed by atoms with Gasteiger partial charge in [-0.25, -0.2) is 0 Å². The highest BCUT2D eigenvalue weighted by molar-refractivity contribution is 7.98. The second kappa shape index (κ2) is 10.0. The molecule has 0 fully saturated rings. The molecule has 10 heteroatoms. The van der Waals surface area contributed by atoms with Crippen molar-refractivity contribution in [2.24, 2.45) is 0 Å². The second-order valence-corrected chi connectivity index (χ2v) is 8.56. The molecular formula is C19H16Cl4N4OS. The van der Waals surface area contributed by atoms with Crippen LogP contribution in [-0.2, 0) is 18.8 Å². The number of amides is 1. The van der Waals surface area contributed by atoms with Gasteiger partial charge in [0.05, 0.1) is 26.6 Å². The third kappa shape index (κ3) is 5.58. The van der Waals surface area contributed by atoms with Crippen LogP contribution in [0.4, 0.5) is 0 Å². The fourth-order valence-corrected chi connectivity index (χ4v) is 4.13. The highest BCUT2D eigenvalue weighted by Crippen LogP contribution is 2.27. The molecule has 0 aliphatic carbocycles. The van der Waals surface area contributed by atoms with Crippen LogP contribution in [0.3, 0.4) is 0 Å². The molecule has 3 rings (SSSR count). The van der Waals surface area contributed by atoms with Crippen LogP contribution < -0.4 is 5.32 Å². The molecule has 0 saturated carbocycles. The van der Waals surface area contributed by atoms with Crippen LogP contribution in [0.25, 0.3) is 0 Å². The van der Waals surface area contributed by atoms with Gasteiger partial charge in [0.2, 0.25) is 0 Å². The molecule has 0 saturated heterocycles. The number of halogens is 4. The minimum atomic E-state index is -0.265. The van der Waals surface area contributed by atoms with Crippen molar-refractivity contribution in [1.29, 1.82) is 0 Å². The van der Waals surface area contributed by atoms with E-state index in [1.165, 1.54) is 17.8 Å². The molecule has 1 N–H and O–H groups in total. The Labute approximate surface area is 192 Å². The number of hydrogen-bond acceptors (Lipinski definition) is 4. The van der Waals surface area contributed by atoms with Crippen molar-refractivity contribution in [2.45, 2.75) is 30.9 Å². The number of carbonyl (C=O) groups excluding carboxylic acids is 1. The van der Waals surface area contributed by atoms with Gasteiger partial charge in [0, 0.05) is 17.9 Å². The zero-order valence-corrected chi connectivity index (χ0v) is 19.1. The van der Waals surface area contributed by atoms with E-state index in [2.05, 4.69) is 15.5 Å². The van der Waals surface area contributed by atoms with Gasteiger partial charge in [-0.2, -0.15) is 0 Å². The molecule has 1 amide bonds. The Morgan fingerprint density at radius 2 is 1.69 bits per heavy atom. The first kappa shape index (κ1) is 22.2. The molecule has 2 aromatic carbocycles. The number of benzene rings is 2. The van der Waals surface area contributed by atoms with E-state index in [1.807, 2.05) is 23.6 Å². The molecule has 0 aliphatic rings. The molecule has 0 radical (unpaired) electrons. The van der Waals surface area contributed by atoms with Gasteiger partial charge < -0.3 is 9.88 Å². The summed E-state index contributed by atoms with van der Waals surface area (Å²) in [6, 6.07) is 10.3. The Balaban J connectivity index is 1.64. The van der Waals surface area contributed by atoms with E-state index in [4.69, 9.17) is 46.4 Å². The molecule has 0 bridgehead atoms. The molecule has 1 heterocycles. The van der Waals surface area contributed by atoms with Crippen LogP contribution in [0.2, 0.25) is 20.1 Å². The molecule has 5 nitrogen and oxygen atoms in total. The predicted molar refractivity (Wildman–Crippen MR) is 119 cm³/mol. The Morgan fingerprint density at radius 3 is 2.34 bits per heavy atom. The van der Waals surface area contributed by atoms with Crippen LogP contribution in [0.15, 0.2) is 41.6 Å². The third-order valence-corrected chi connectivity index (χ3v) is 6.57.